The fourth-order valence-corrected chi connectivity index (χ4v) is 2.12. The summed E-state index contributed by atoms with van der Waals surface area (Å²) in [5, 5.41) is 18.5. The van der Waals surface area contributed by atoms with Gasteiger partial charge in [-0.1, -0.05) is 11.6 Å². The van der Waals surface area contributed by atoms with E-state index in [4.69, 9.17) is 16.7 Å². The summed E-state index contributed by atoms with van der Waals surface area (Å²) < 4.78 is 1.10. The summed E-state index contributed by atoms with van der Waals surface area (Å²) in [6.45, 7) is 0.429. The predicted octanol–water partition coefficient (Wildman–Crippen LogP) is -0.421. The summed E-state index contributed by atoms with van der Waals surface area (Å²) in [4.78, 5) is 22.8. The third-order valence-corrected chi connectivity index (χ3v) is 3.29. The summed E-state index contributed by atoms with van der Waals surface area (Å²) in [5.74, 6) is 0.0365. The van der Waals surface area contributed by atoms with Gasteiger partial charge >= 0.3 is 0 Å². The smallest absolute Gasteiger partial charge is 0.287 e. The highest BCUT2D eigenvalue weighted by Crippen LogP contribution is 2.16. The van der Waals surface area contributed by atoms with Gasteiger partial charge in [0.05, 0.1) is 25.0 Å². The standard InChI is InChI=1S/C11H15ClN4O3/c12-10-8(6-14-16(3-4-17)11(10)19)13-5-7-1-2-9(18)15-7/h6-7,13,17H,1-5H2,(H,15,18). The van der Waals surface area contributed by atoms with Gasteiger partial charge in [-0.05, 0) is 6.42 Å². The Hall–Kier alpha value is -1.60. The Balaban J connectivity index is 2.03. The Kier molecular flexibility index (Phi) is 4.39. The highest BCUT2D eigenvalue weighted by Gasteiger charge is 2.20. The van der Waals surface area contributed by atoms with Crippen LogP contribution in [0.3, 0.4) is 0 Å². The molecule has 1 aliphatic rings. The molecule has 1 aliphatic heterocycles. The van der Waals surface area contributed by atoms with Crippen LogP contribution in [-0.2, 0) is 11.3 Å². The SMILES string of the molecule is O=C1CCC(CNc2cnn(CCO)c(=O)c2Cl)N1. The van der Waals surface area contributed by atoms with Crippen molar-refractivity contribution in [1.82, 2.24) is 15.1 Å². The minimum Gasteiger partial charge on any atom is -0.394 e. The molecule has 0 bridgehead atoms. The van der Waals surface area contributed by atoms with Crippen LogP contribution in [0.15, 0.2) is 11.0 Å². The van der Waals surface area contributed by atoms with Gasteiger partial charge in [0.1, 0.15) is 5.02 Å². The summed E-state index contributed by atoms with van der Waals surface area (Å²) in [6, 6.07) is 0.0449. The third kappa shape index (κ3) is 3.24. The first kappa shape index (κ1) is 13.8. The third-order valence-electron chi connectivity index (χ3n) is 2.92. The van der Waals surface area contributed by atoms with E-state index < -0.39 is 5.56 Å². The Morgan fingerprint density at radius 2 is 2.37 bits per heavy atom. The summed E-state index contributed by atoms with van der Waals surface area (Å²) >= 11 is 5.94. The molecule has 8 heteroatoms. The molecule has 0 aliphatic carbocycles. The lowest BCUT2D eigenvalue weighted by Gasteiger charge is -2.13. The first-order valence-electron chi connectivity index (χ1n) is 6.01. The van der Waals surface area contributed by atoms with E-state index in [0.29, 0.717) is 18.7 Å². The zero-order valence-corrected chi connectivity index (χ0v) is 11.0. The van der Waals surface area contributed by atoms with Crippen molar-refractivity contribution in [2.24, 2.45) is 0 Å². The Morgan fingerprint density at radius 1 is 1.58 bits per heavy atom. The fraction of sp³-hybridized carbons (Fsp3) is 0.545. The zero-order chi connectivity index (χ0) is 13.8. The van der Waals surface area contributed by atoms with Crippen molar-refractivity contribution in [3.63, 3.8) is 0 Å². The molecule has 1 fully saturated rings. The highest BCUT2D eigenvalue weighted by molar-refractivity contribution is 6.32. The van der Waals surface area contributed by atoms with Crippen LogP contribution in [0.25, 0.3) is 0 Å². The predicted molar refractivity (Wildman–Crippen MR) is 70.2 cm³/mol. The maximum absolute atomic E-state index is 11.8. The van der Waals surface area contributed by atoms with Crippen LogP contribution in [0.4, 0.5) is 5.69 Å². The van der Waals surface area contributed by atoms with E-state index in [9.17, 15) is 9.59 Å². The molecular weight excluding hydrogens is 272 g/mol. The normalized spacial score (nSPS) is 18.4. The van der Waals surface area contributed by atoms with Crippen LogP contribution in [-0.4, -0.2) is 40.0 Å². The van der Waals surface area contributed by atoms with Gasteiger partial charge in [-0.2, -0.15) is 5.10 Å². The first-order valence-corrected chi connectivity index (χ1v) is 6.39. The Morgan fingerprint density at radius 3 is 3.00 bits per heavy atom. The molecule has 1 aromatic heterocycles. The van der Waals surface area contributed by atoms with Gasteiger partial charge in [0, 0.05) is 19.0 Å². The number of nitrogens with one attached hydrogen (secondary N) is 2. The van der Waals surface area contributed by atoms with Crippen LogP contribution in [0.2, 0.25) is 5.02 Å². The van der Waals surface area contributed by atoms with Crippen LogP contribution in [0.1, 0.15) is 12.8 Å². The average Bonchev–Trinajstić information content (AvgIpc) is 2.80. The maximum atomic E-state index is 11.8. The number of nitrogens with zero attached hydrogens (tertiary/aromatic N) is 2. The number of anilines is 1. The van der Waals surface area contributed by atoms with E-state index in [-0.39, 0.29) is 30.1 Å². The second-order valence-electron chi connectivity index (χ2n) is 4.31. The maximum Gasteiger partial charge on any atom is 0.287 e. The number of aliphatic hydroxyl groups excluding tert-OH is 1. The van der Waals surface area contributed by atoms with Gasteiger partial charge in [0.2, 0.25) is 5.91 Å². The molecule has 0 radical (unpaired) electrons. The van der Waals surface area contributed by atoms with Gasteiger partial charge in [-0.25, -0.2) is 4.68 Å². The van der Waals surface area contributed by atoms with E-state index in [1.807, 2.05) is 0 Å². The number of amides is 1. The van der Waals surface area contributed by atoms with E-state index >= 15 is 0 Å². The van der Waals surface area contributed by atoms with Crippen molar-refractivity contribution in [1.29, 1.82) is 0 Å². The van der Waals surface area contributed by atoms with Crippen molar-refractivity contribution in [3.05, 3.63) is 21.6 Å². The van der Waals surface area contributed by atoms with Gasteiger partial charge in [0.15, 0.2) is 0 Å². The number of rotatable bonds is 5. The number of carbonyl (C=O) groups is 1. The lowest BCUT2D eigenvalue weighted by Crippen LogP contribution is -2.32. The van der Waals surface area contributed by atoms with Crippen molar-refractivity contribution in [2.45, 2.75) is 25.4 Å². The number of aliphatic hydroxyl groups is 1. The Labute approximate surface area is 114 Å². The van der Waals surface area contributed by atoms with Crippen LogP contribution in [0, 0.1) is 0 Å². The molecule has 0 saturated carbocycles. The van der Waals surface area contributed by atoms with Crippen molar-refractivity contribution >= 4 is 23.2 Å². The summed E-state index contributed by atoms with van der Waals surface area (Å²) in [5.41, 5.74) is -0.0156. The zero-order valence-electron chi connectivity index (χ0n) is 10.2. The molecule has 1 saturated heterocycles. The van der Waals surface area contributed by atoms with Crippen LogP contribution < -0.4 is 16.2 Å². The van der Waals surface area contributed by atoms with Gasteiger partial charge < -0.3 is 15.7 Å². The van der Waals surface area contributed by atoms with E-state index in [2.05, 4.69) is 15.7 Å². The molecule has 1 atom stereocenters. The average molecular weight is 287 g/mol. The number of hydrogen-bond donors (Lipinski definition) is 3. The number of halogens is 1. The molecule has 0 spiro atoms. The fourth-order valence-electron chi connectivity index (χ4n) is 1.91. The number of carbonyl (C=O) groups excluding carboxylic acids is 1. The van der Waals surface area contributed by atoms with Crippen LogP contribution in [0.5, 0.6) is 0 Å². The molecular formula is C11H15ClN4O3. The Bertz CT molecular complexity index is 531. The van der Waals surface area contributed by atoms with Gasteiger partial charge in [0.25, 0.3) is 5.56 Å². The second kappa shape index (κ2) is 6.03. The molecule has 1 unspecified atom stereocenters. The molecule has 2 heterocycles. The summed E-state index contributed by atoms with van der Waals surface area (Å²) in [7, 11) is 0. The molecule has 2 rings (SSSR count). The molecule has 104 valence electrons. The van der Waals surface area contributed by atoms with Crippen molar-refractivity contribution in [3.8, 4) is 0 Å². The molecule has 1 aromatic rings. The minimum atomic E-state index is -0.448. The van der Waals surface area contributed by atoms with E-state index in [1.165, 1.54) is 6.20 Å². The lowest BCUT2D eigenvalue weighted by atomic mass is 10.2. The second-order valence-corrected chi connectivity index (χ2v) is 4.69. The number of aromatic nitrogens is 2. The van der Waals surface area contributed by atoms with E-state index in [1.54, 1.807) is 0 Å². The molecule has 3 N–H and O–H groups in total. The lowest BCUT2D eigenvalue weighted by molar-refractivity contribution is -0.119. The molecule has 19 heavy (non-hydrogen) atoms. The molecule has 0 aromatic carbocycles. The van der Waals surface area contributed by atoms with Gasteiger partial charge in [-0.3, -0.25) is 9.59 Å². The monoisotopic (exact) mass is 286 g/mol. The first-order chi connectivity index (χ1) is 9.11. The largest absolute Gasteiger partial charge is 0.394 e. The quantitative estimate of drug-likeness (QED) is 0.683. The highest BCUT2D eigenvalue weighted by atomic mass is 35.5. The van der Waals surface area contributed by atoms with Crippen LogP contribution >= 0.6 is 11.6 Å². The molecule has 1 amide bonds. The van der Waals surface area contributed by atoms with Crippen molar-refractivity contribution < 1.29 is 9.90 Å². The van der Waals surface area contributed by atoms with Crippen molar-refractivity contribution in [2.75, 3.05) is 18.5 Å². The van der Waals surface area contributed by atoms with E-state index in [0.717, 1.165) is 11.1 Å². The van der Waals surface area contributed by atoms with Gasteiger partial charge in [-0.15, -0.1) is 0 Å². The minimum absolute atomic E-state index is 0.0350. The number of hydrogen-bond acceptors (Lipinski definition) is 5. The summed E-state index contributed by atoms with van der Waals surface area (Å²) in [6.07, 6.45) is 2.73. The topological polar surface area (TPSA) is 96.2 Å². The molecule has 7 nitrogen and oxygen atoms in total.